The van der Waals surface area contributed by atoms with Crippen molar-refractivity contribution in [3.63, 3.8) is 0 Å². The highest BCUT2D eigenvalue weighted by Gasteiger charge is 2.16. The van der Waals surface area contributed by atoms with Crippen LogP contribution in [0.5, 0.6) is 17.2 Å². The molecule has 0 saturated heterocycles. The van der Waals surface area contributed by atoms with Crippen molar-refractivity contribution in [2.75, 3.05) is 19.8 Å². The number of hydrogen-bond donors (Lipinski definition) is 0. The van der Waals surface area contributed by atoms with Gasteiger partial charge in [0.15, 0.2) is 17.3 Å². The molecule has 0 radical (unpaired) electrons. The molecule has 0 aliphatic heterocycles. The predicted octanol–water partition coefficient (Wildman–Crippen LogP) is 7.68. The number of benzene rings is 2. The molecule has 0 spiro atoms. The molecule has 0 saturated carbocycles. The van der Waals surface area contributed by atoms with Crippen LogP contribution in [0.4, 0.5) is 0 Å². The largest absolute Gasteiger partial charge is 0.493 e. The van der Waals surface area contributed by atoms with Crippen LogP contribution in [0.25, 0.3) is 6.08 Å². The monoisotopic (exact) mass is 452 g/mol. The molecule has 180 valence electrons. The molecule has 0 heterocycles. The van der Waals surface area contributed by atoms with Crippen molar-refractivity contribution in [3.05, 3.63) is 59.2 Å². The van der Waals surface area contributed by atoms with Crippen LogP contribution >= 0.6 is 0 Å². The van der Waals surface area contributed by atoms with Gasteiger partial charge in [-0.1, -0.05) is 59.1 Å². The van der Waals surface area contributed by atoms with Gasteiger partial charge in [-0.25, -0.2) is 0 Å². The third-order valence-electron chi connectivity index (χ3n) is 5.40. The molecule has 4 heteroatoms. The van der Waals surface area contributed by atoms with Crippen molar-refractivity contribution in [2.24, 2.45) is 0 Å². The molecule has 4 nitrogen and oxygen atoms in total. The topological polar surface area (TPSA) is 44.8 Å². The third-order valence-corrected chi connectivity index (χ3v) is 5.40. The maximum absolute atomic E-state index is 13.2. The number of para-hydroxylation sites is 1. The molecule has 2 rings (SSSR count). The Morgan fingerprint density at radius 2 is 1.42 bits per heavy atom. The molecule has 0 N–H and O–H groups in total. The second-order valence-electron chi connectivity index (χ2n) is 8.16. The maximum Gasteiger partial charge on any atom is 0.189 e. The molecule has 0 unspecified atom stereocenters. The molecule has 0 bridgehead atoms. The van der Waals surface area contributed by atoms with E-state index in [0.717, 1.165) is 56.3 Å². The van der Waals surface area contributed by atoms with Gasteiger partial charge in [0.1, 0.15) is 5.75 Å². The van der Waals surface area contributed by atoms with E-state index in [9.17, 15) is 4.79 Å². The van der Waals surface area contributed by atoms with E-state index in [1.807, 2.05) is 30.3 Å². The van der Waals surface area contributed by atoms with Gasteiger partial charge in [-0.05, 0) is 67.7 Å². The Balaban J connectivity index is 2.29. The van der Waals surface area contributed by atoms with Crippen LogP contribution in [0.15, 0.2) is 42.5 Å². The first kappa shape index (κ1) is 26.5. The van der Waals surface area contributed by atoms with Crippen molar-refractivity contribution in [1.82, 2.24) is 0 Å². The van der Waals surface area contributed by atoms with E-state index in [1.165, 1.54) is 5.56 Å². The summed E-state index contributed by atoms with van der Waals surface area (Å²) in [5, 5.41) is 0. The molecular weight excluding hydrogens is 412 g/mol. The minimum absolute atomic E-state index is 0.108. The molecule has 2 aromatic carbocycles. The molecule has 2 aromatic rings. The minimum Gasteiger partial charge on any atom is -0.493 e. The zero-order valence-electron chi connectivity index (χ0n) is 20.8. The summed E-state index contributed by atoms with van der Waals surface area (Å²) >= 11 is 0. The SMILES string of the molecule is CCCCOc1ccc(CC)cc1C=CC(=O)c1cccc(OCCCC)c1OCCCC. The number of ketones is 1. The number of carbonyl (C=O) groups is 1. The fourth-order valence-corrected chi connectivity index (χ4v) is 3.28. The minimum atomic E-state index is -0.108. The van der Waals surface area contributed by atoms with Gasteiger partial charge in [0, 0.05) is 5.56 Å². The van der Waals surface area contributed by atoms with Crippen LogP contribution in [0, 0.1) is 0 Å². The van der Waals surface area contributed by atoms with Crippen molar-refractivity contribution in [3.8, 4) is 17.2 Å². The zero-order chi connectivity index (χ0) is 23.9. The molecular formula is C29H40O4. The van der Waals surface area contributed by atoms with E-state index in [2.05, 4.69) is 39.8 Å². The number of ether oxygens (including phenoxy) is 3. The normalized spacial score (nSPS) is 11.0. The fraction of sp³-hybridized carbons (Fsp3) is 0.483. The summed E-state index contributed by atoms with van der Waals surface area (Å²) in [6, 6.07) is 11.7. The third kappa shape index (κ3) is 8.60. The second-order valence-corrected chi connectivity index (χ2v) is 8.16. The van der Waals surface area contributed by atoms with Gasteiger partial charge in [-0.3, -0.25) is 4.79 Å². The van der Waals surface area contributed by atoms with Crippen LogP contribution in [-0.4, -0.2) is 25.6 Å². The van der Waals surface area contributed by atoms with Gasteiger partial charge in [0.25, 0.3) is 0 Å². The Morgan fingerprint density at radius 1 is 0.788 bits per heavy atom. The van der Waals surface area contributed by atoms with Crippen molar-refractivity contribution >= 4 is 11.9 Å². The van der Waals surface area contributed by atoms with E-state index in [1.54, 1.807) is 6.08 Å². The van der Waals surface area contributed by atoms with Crippen molar-refractivity contribution < 1.29 is 19.0 Å². The van der Waals surface area contributed by atoms with E-state index in [4.69, 9.17) is 14.2 Å². The summed E-state index contributed by atoms with van der Waals surface area (Å²) in [7, 11) is 0. The average molecular weight is 453 g/mol. The number of carbonyl (C=O) groups excluding carboxylic acids is 1. The maximum atomic E-state index is 13.2. The Bertz CT molecular complexity index is 885. The number of rotatable bonds is 16. The first-order valence-electron chi connectivity index (χ1n) is 12.5. The van der Waals surface area contributed by atoms with E-state index >= 15 is 0 Å². The summed E-state index contributed by atoms with van der Waals surface area (Å²) in [4.78, 5) is 13.2. The molecule has 0 aromatic heterocycles. The van der Waals surface area contributed by atoms with Crippen LogP contribution in [-0.2, 0) is 6.42 Å². The molecule has 0 amide bonds. The van der Waals surface area contributed by atoms with Gasteiger partial charge >= 0.3 is 0 Å². The van der Waals surface area contributed by atoms with Gasteiger partial charge < -0.3 is 14.2 Å². The molecule has 0 aliphatic rings. The predicted molar refractivity (Wildman–Crippen MR) is 137 cm³/mol. The zero-order valence-corrected chi connectivity index (χ0v) is 20.8. The number of unbranched alkanes of at least 4 members (excludes halogenated alkanes) is 3. The summed E-state index contributed by atoms with van der Waals surface area (Å²) in [6.45, 7) is 10.3. The standard InChI is InChI=1S/C29H40O4/c1-5-9-19-31-27-18-15-23(8-4)22-24(27)16-17-26(30)25-13-12-14-28(32-20-10-6-2)29(25)33-21-11-7-3/h12-18,22H,5-11,19-21H2,1-4H3. The van der Waals surface area contributed by atoms with E-state index in [0.29, 0.717) is 36.9 Å². The van der Waals surface area contributed by atoms with Crippen molar-refractivity contribution in [1.29, 1.82) is 0 Å². The lowest BCUT2D eigenvalue weighted by atomic mass is 10.0. The van der Waals surface area contributed by atoms with Gasteiger partial charge in [-0.15, -0.1) is 0 Å². The Morgan fingerprint density at radius 3 is 2.06 bits per heavy atom. The summed E-state index contributed by atoms with van der Waals surface area (Å²) < 4.78 is 17.9. The Labute approximate surface area is 200 Å². The van der Waals surface area contributed by atoms with E-state index < -0.39 is 0 Å². The number of hydrogen-bond acceptors (Lipinski definition) is 4. The molecule has 0 fully saturated rings. The Hall–Kier alpha value is -2.75. The smallest absolute Gasteiger partial charge is 0.189 e. The molecule has 33 heavy (non-hydrogen) atoms. The van der Waals surface area contributed by atoms with Gasteiger partial charge in [0.05, 0.1) is 25.4 Å². The highest BCUT2D eigenvalue weighted by Crippen LogP contribution is 2.33. The fourth-order valence-electron chi connectivity index (χ4n) is 3.28. The average Bonchev–Trinajstić information content (AvgIpc) is 2.84. The second kappa shape index (κ2) is 15.2. The summed E-state index contributed by atoms with van der Waals surface area (Å²) in [5.74, 6) is 1.87. The van der Waals surface area contributed by atoms with Crippen LogP contribution < -0.4 is 14.2 Å². The number of allylic oxidation sites excluding steroid dienone is 1. The van der Waals surface area contributed by atoms with Crippen molar-refractivity contribution in [2.45, 2.75) is 72.6 Å². The number of aryl methyl sites for hydroxylation is 1. The van der Waals surface area contributed by atoms with Gasteiger partial charge in [0.2, 0.25) is 0 Å². The summed E-state index contributed by atoms with van der Waals surface area (Å²) in [5.41, 5.74) is 2.65. The molecule has 0 aliphatic carbocycles. The summed E-state index contributed by atoms with van der Waals surface area (Å²) in [6.07, 6.45) is 10.4. The molecule has 0 atom stereocenters. The van der Waals surface area contributed by atoms with Crippen LogP contribution in [0.1, 0.15) is 87.7 Å². The lowest BCUT2D eigenvalue weighted by molar-refractivity contribution is 0.104. The van der Waals surface area contributed by atoms with E-state index in [-0.39, 0.29) is 5.78 Å². The first-order valence-corrected chi connectivity index (χ1v) is 12.5. The lowest BCUT2D eigenvalue weighted by Crippen LogP contribution is -2.07. The Kier molecular flexibility index (Phi) is 12.2. The first-order chi connectivity index (χ1) is 16.1. The van der Waals surface area contributed by atoms with Gasteiger partial charge in [-0.2, -0.15) is 0 Å². The van der Waals surface area contributed by atoms with Crippen LogP contribution in [0.3, 0.4) is 0 Å². The van der Waals surface area contributed by atoms with Crippen LogP contribution in [0.2, 0.25) is 0 Å². The highest BCUT2D eigenvalue weighted by molar-refractivity contribution is 6.09. The highest BCUT2D eigenvalue weighted by atomic mass is 16.5. The lowest BCUT2D eigenvalue weighted by Gasteiger charge is -2.15. The quantitative estimate of drug-likeness (QED) is 0.149.